The molecule has 2 heterocycles. The van der Waals surface area contributed by atoms with E-state index < -0.39 is 12.3 Å². The Balaban J connectivity index is 1.88. The van der Waals surface area contributed by atoms with Crippen molar-refractivity contribution in [3.8, 4) is 11.5 Å². The number of nitrogens with two attached hydrogens (primary N) is 1. The van der Waals surface area contributed by atoms with E-state index in [1.807, 2.05) is 24.3 Å². The molecule has 128 valence electrons. The van der Waals surface area contributed by atoms with Crippen LogP contribution in [0.25, 0.3) is 11.5 Å². The summed E-state index contributed by atoms with van der Waals surface area (Å²) >= 11 is 3.57. The van der Waals surface area contributed by atoms with Crippen LogP contribution in [-0.4, -0.2) is 20.2 Å². The van der Waals surface area contributed by atoms with Gasteiger partial charge < -0.3 is 10.2 Å². The van der Waals surface area contributed by atoms with Crippen LogP contribution in [-0.2, 0) is 5.41 Å². The molecular formula is C16H12BrF2N5O. The van der Waals surface area contributed by atoms with Gasteiger partial charge in [-0.05, 0) is 24.5 Å². The van der Waals surface area contributed by atoms with Crippen LogP contribution < -0.4 is 5.73 Å². The van der Waals surface area contributed by atoms with Crippen LogP contribution in [0.15, 0.2) is 39.4 Å². The van der Waals surface area contributed by atoms with Gasteiger partial charge >= 0.3 is 6.43 Å². The third-order valence-corrected chi connectivity index (χ3v) is 4.95. The van der Waals surface area contributed by atoms with E-state index in [-0.39, 0.29) is 17.3 Å². The van der Waals surface area contributed by atoms with E-state index in [4.69, 9.17) is 10.2 Å². The highest BCUT2D eigenvalue weighted by atomic mass is 79.9. The average molecular weight is 408 g/mol. The van der Waals surface area contributed by atoms with Crippen LogP contribution in [0.1, 0.15) is 36.4 Å². The van der Waals surface area contributed by atoms with Gasteiger partial charge in [-0.1, -0.05) is 34.1 Å². The summed E-state index contributed by atoms with van der Waals surface area (Å²) in [5.74, 6) is -0.669. The van der Waals surface area contributed by atoms with Gasteiger partial charge in [-0.25, -0.2) is 9.97 Å². The average Bonchev–Trinajstić information content (AvgIpc) is 3.24. The van der Waals surface area contributed by atoms with Gasteiger partial charge in [0.2, 0.25) is 5.95 Å². The second-order valence-electron chi connectivity index (χ2n) is 5.80. The normalized spacial score (nSPS) is 15.5. The fourth-order valence-electron chi connectivity index (χ4n) is 2.96. The standard InChI is InChI=1S/C16H12BrF2N5O/c17-10-4-2-1-3-9(10)16(5-6-16)11-8(7-21-15(20)22-11)13-23-24-14(25-13)12(18)19/h1-4,7,12H,5-6H2,(H2,20,21,22). The second kappa shape index (κ2) is 5.83. The molecule has 1 saturated carbocycles. The van der Waals surface area contributed by atoms with Crippen molar-refractivity contribution >= 4 is 21.9 Å². The van der Waals surface area contributed by atoms with E-state index in [1.54, 1.807) is 0 Å². The van der Waals surface area contributed by atoms with E-state index >= 15 is 0 Å². The highest BCUT2D eigenvalue weighted by Crippen LogP contribution is 2.56. The first-order valence-electron chi connectivity index (χ1n) is 7.51. The molecule has 2 N–H and O–H groups in total. The molecule has 9 heteroatoms. The van der Waals surface area contributed by atoms with Crippen LogP contribution in [0.5, 0.6) is 0 Å². The molecule has 3 aromatic rings. The molecule has 4 rings (SSSR count). The fourth-order valence-corrected chi connectivity index (χ4v) is 3.62. The zero-order valence-corrected chi connectivity index (χ0v) is 14.4. The molecule has 25 heavy (non-hydrogen) atoms. The fraction of sp³-hybridized carbons (Fsp3) is 0.250. The van der Waals surface area contributed by atoms with Crippen molar-refractivity contribution in [2.24, 2.45) is 0 Å². The van der Waals surface area contributed by atoms with Crippen LogP contribution >= 0.6 is 15.9 Å². The zero-order chi connectivity index (χ0) is 17.6. The molecule has 0 spiro atoms. The van der Waals surface area contributed by atoms with E-state index in [9.17, 15) is 8.78 Å². The number of hydrogen-bond acceptors (Lipinski definition) is 6. The van der Waals surface area contributed by atoms with Gasteiger partial charge in [-0.15, -0.1) is 10.2 Å². The lowest BCUT2D eigenvalue weighted by molar-refractivity contribution is 0.116. The largest absolute Gasteiger partial charge is 0.415 e. The van der Waals surface area contributed by atoms with Gasteiger partial charge in [0, 0.05) is 16.1 Å². The molecule has 1 aliphatic carbocycles. The Kier molecular flexibility index (Phi) is 3.75. The monoisotopic (exact) mass is 407 g/mol. The molecule has 2 aromatic heterocycles. The van der Waals surface area contributed by atoms with Crippen LogP contribution in [0.3, 0.4) is 0 Å². The number of nitrogen functional groups attached to an aromatic ring is 1. The third kappa shape index (κ3) is 2.68. The maximum Gasteiger partial charge on any atom is 0.314 e. The molecule has 0 saturated heterocycles. The summed E-state index contributed by atoms with van der Waals surface area (Å²) in [4.78, 5) is 8.35. The summed E-state index contributed by atoms with van der Waals surface area (Å²) in [7, 11) is 0. The summed E-state index contributed by atoms with van der Waals surface area (Å²) in [6, 6.07) is 7.80. The predicted molar refractivity (Wildman–Crippen MR) is 88.8 cm³/mol. The SMILES string of the molecule is Nc1ncc(-c2nnc(C(F)F)o2)c(C2(c3ccccc3Br)CC2)n1. The Morgan fingerprint density at radius 3 is 2.60 bits per heavy atom. The third-order valence-electron chi connectivity index (χ3n) is 4.26. The summed E-state index contributed by atoms with van der Waals surface area (Å²) in [5, 5.41) is 7.11. The number of anilines is 1. The Morgan fingerprint density at radius 1 is 1.20 bits per heavy atom. The minimum absolute atomic E-state index is 0.0383. The van der Waals surface area contributed by atoms with Crippen molar-refractivity contribution in [1.82, 2.24) is 20.2 Å². The highest BCUT2D eigenvalue weighted by molar-refractivity contribution is 9.10. The number of alkyl halides is 2. The molecular weight excluding hydrogens is 396 g/mol. The smallest absolute Gasteiger partial charge is 0.314 e. The maximum absolute atomic E-state index is 12.8. The number of benzene rings is 1. The van der Waals surface area contributed by atoms with E-state index in [0.29, 0.717) is 11.3 Å². The van der Waals surface area contributed by atoms with Gasteiger partial charge in [0.15, 0.2) is 0 Å². The molecule has 1 aliphatic rings. The topological polar surface area (TPSA) is 90.7 Å². The van der Waals surface area contributed by atoms with Crippen LogP contribution in [0.2, 0.25) is 0 Å². The Bertz CT molecular complexity index is 942. The maximum atomic E-state index is 12.8. The number of nitrogens with zero attached hydrogens (tertiary/aromatic N) is 4. The number of aromatic nitrogens is 4. The number of rotatable bonds is 4. The van der Waals surface area contributed by atoms with Crippen molar-refractivity contribution in [3.63, 3.8) is 0 Å². The molecule has 6 nitrogen and oxygen atoms in total. The summed E-state index contributed by atoms with van der Waals surface area (Å²) in [5.41, 5.74) is 7.47. The van der Waals surface area contributed by atoms with Crippen molar-refractivity contribution in [2.75, 3.05) is 5.73 Å². The van der Waals surface area contributed by atoms with Crippen molar-refractivity contribution < 1.29 is 13.2 Å². The summed E-state index contributed by atoms with van der Waals surface area (Å²) < 4.78 is 31.6. The van der Waals surface area contributed by atoms with Crippen LogP contribution in [0.4, 0.5) is 14.7 Å². The number of halogens is 3. The quantitative estimate of drug-likeness (QED) is 0.705. The molecule has 0 unspecified atom stereocenters. The molecule has 1 aromatic carbocycles. The van der Waals surface area contributed by atoms with Gasteiger partial charge in [0.05, 0.1) is 11.3 Å². The first-order chi connectivity index (χ1) is 12.0. The predicted octanol–water partition coefficient (Wildman–Crippen LogP) is 3.89. The van der Waals surface area contributed by atoms with Crippen molar-refractivity contribution in [1.29, 1.82) is 0 Å². The van der Waals surface area contributed by atoms with E-state index in [2.05, 4.69) is 36.1 Å². The summed E-state index contributed by atoms with van der Waals surface area (Å²) in [6.07, 6.45) is 0.291. The van der Waals surface area contributed by atoms with E-state index in [0.717, 1.165) is 22.9 Å². The Labute approximate surface area is 149 Å². The van der Waals surface area contributed by atoms with Crippen molar-refractivity contribution in [3.05, 3.63) is 52.1 Å². The second-order valence-corrected chi connectivity index (χ2v) is 6.65. The minimum atomic E-state index is -2.84. The first-order valence-corrected chi connectivity index (χ1v) is 8.30. The molecule has 0 bridgehead atoms. The zero-order valence-electron chi connectivity index (χ0n) is 12.8. The Morgan fingerprint density at radius 2 is 1.96 bits per heavy atom. The molecule has 1 fully saturated rings. The van der Waals surface area contributed by atoms with Gasteiger partial charge in [0.25, 0.3) is 11.8 Å². The molecule has 0 atom stereocenters. The van der Waals surface area contributed by atoms with Gasteiger partial charge in [-0.3, -0.25) is 0 Å². The molecule has 0 radical (unpaired) electrons. The lowest BCUT2D eigenvalue weighted by Crippen LogP contribution is -2.15. The lowest BCUT2D eigenvalue weighted by atomic mass is 9.89. The molecule has 0 aliphatic heterocycles. The molecule has 0 amide bonds. The number of hydrogen-bond donors (Lipinski definition) is 1. The van der Waals surface area contributed by atoms with E-state index in [1.165, 1.54) is 6.20 Å². The first kappa shape index (κ1) is 16.1. The lowest BCUT2D eigenvalue weighted by Gasteiger charge is -2.19. The van der Waals surface area contributed by atoms with Crippen LogP contribution in [0, 0.1) is 0 Å². The van der Waals surface area contributed by atoms with Gasteiger partial charge in [-0.2, -0.15) is 8.78 Å². The van der Waals surface area contributed by atoms with Gasteiger partial charge in [0.1, 0.15) is 0 Å². The Hall–Kier alpha value is -2.42. The summed E-state index contributed by atoms with van der Waals surface area (Å²) in [6.45, 7) is 0. The minimum Gasteiger partial charge on any atom is -0.415 e. The van der Waals surface area contributed by atoms with Crippen molar-refractivity contribution in [2.45, 2.75) is 24.7 Å². The highest BCUT2D eigenvalue weighted by Gasteiger charge is 2.50.